The molecule has 0 aliphatic rings. The van der Waals surface area contributed by atoms with E-state index < -0.39 is 0 Å². The molecule has 0 saturated heterocycles. The maximum Gasteiger partial charge on any atom is 0.230 e. The summed E-state index contributed by atoms with van der Waals surface area (Å²) in [6, 6.07) is 14.3. The third-order valence-electron chi connectivity index (χ3n) is 4.10. The lowest BCUT2D eigenvalue weighted by molar-refractivity contribution is -0.118. The smallest absolute Gasteiger partial charge is 0.230 e. The Morgan fingerprint density at radius 3 is 2.66 bits per heavy atom. The average Bonchev–Trinajstić information content (AvgIpc) is 3.19. The average molecular weight is 431 g/mol. The number of carbonyl (C=O) groups is 1. The molecule has 4 nitrogen and oxygen atoms in total. The summed E-state index contributed by atoms with van der Waals surface area (Å²) in [5.74, 6) is 1.69. The molecule has 0 fully saturated rings. The van der Waals surface area contributed by atoms with Crippen LogP contribution in [0.4, 0.5) is 4.39 Å². The van der Waals surface area contributed by atoms with E-state index in [1.54, 1.807) is 35.2 Å². The predicted octanol–water partition coefficient (Wildman–Crippen LogP) is 4.94. The Hall–Kier alpha value is -2.38. The molecule has 1 heterocycles. The van der Waals surface area contributed by atoms with Crippen LogP contribution in [0.5, 0.6) is 5.75 Å². The SMILES string of the molecule is CCOc1ccc(-c2nc(CSCC(=O)NCCc3ccc(F)cc3)cs2)cc1. The van der Waals surface area contributed by atoms with Crippen molar-refractivity contribution in [2.75, 3.05) is 18.9 Å². The minimum Gasteiger partial charge on any atom is -0.494 e. The minimum absolute atomic E-state index is 0.000854. The van der Waals surface area contributed by atoms with Crippen molar-refractivity contribution in [3.8, 4) is 16.3 Å². The van der Waals surface area contributed by atoms with Gasteiger partial charge in [-0.25, -0.2) is 9.37 Å². The summed E-state index contributed by atoms with van der Waals surface area (Å²) in [6.45, 7) is 3.16. The Balaban J connectivity index is 1.38. The van der Waals surface area contributed by atoms with Crippen LogP contribution < -0.4 is 10.1 Å². The number of hydrogen-bond acceptors (Lipinski definition) is 5. The van der Waals surface area contributed by atoms with Crippen molar-refractivity contribution in [2.24, 2.45) is 0 Å². The molecule has 0 saturated carbocycles. The summed E-state index contributed by atoms with van der Waals surface area (Å²) in [5, 5.41) is 5.89. The van der Waals surface area contributed by atoms with Crippen LogP contribution in [0.15, 0.2) is 53.9 Å². The van der Waals surface area contributed by atoms with E-state index in [1.165, 1.54) is 12.1 Å². The van der Waals surface area contributed by atoms with Gasteiger partial charge in [0.25, 0.3) is 0 Å². The summed E-state index contributed by atoms with van der Waals surface area (Å²) in [6.07, 6.45) is 0.689. The van der Waals surface area contributed by atoms with Crippen LogP contribution in [0, 0.1) is 5.82 Å². The molecule has 2 aromatic carbocycles. The molecule has 0 bridgehead atoms. The van der Waals surface area contributed by atoms with E-state index in [0.717, 1.165) is 27.6 Å². The fourth-order valence-corrected chi connectivity index (χ4v) is 4.34. The minimum atomic E-state index is -0.248. The standard InChI is InChI=1S/C22H23FN2O2S2/c1-2-27-20-9-5-17(6-10-20)22-25-19(14-29-22)13-28-15-21(26)24-12-11-16-3-7-18(23)8-4-16/h3-10,14H,2,11-13,15H2,1H3,(H,24,26). The lowest BCUT2D eigenvalue weighted by Gasteiger charge is -2.05. The number of benzene rings is 2. The van der Waals surface area contributed by atoms with E-state index in [1.807, 2.05) is 36.6 Å². The van der Waals surface area contributed by atoms with E-state index in [2.05, 4.69) is 10.3 Å². The molecule has 3 aromatic rings. The van der Waals surface area contributed by atoms with Gasteiger partial charge in [-0.15, -0.1) is 23.1 Å². The van der Waals surface area contributed by atoms with E-state index in [9.17, 15) is 9.18 Å². The summed E-state index contributed by atoms with van der Waals surface area (Å²) in [7, 11) is 0. The summed E-state index contributed by atoms with van der Waals surface area (Å²) < 4.78 is 18.3. The predicted molar refractivity (Wildman–Crippen MR) is 118 cm³/mol. The number of ether oxygens (including phenoxy) is 1. The molecule has 0 aliphatic carbocycles. The Morgan fingerprint density at radius 2 is 1.93 bits per heavy atom. The Bertz CT molecular complexity index is 911. The molecule has 1 N–H and O–H groups in total. The lowest BCUT2D eigenvalue weighted by Crippen LogP contribution is -2.27. The van der Waals surface area contributed by atoms with Crippen LogP contribution in [-0.2, 0) is 17.0 Å². The second-order valence-corrected chi connectivity index (χ2v) is 8.16. The molecule has 7 heteroatoms. The molecule has 1 aromatic heterocycles. The number of aromatic nitrogens is 1. The highest BCUT2D eigenvalue weighted by atomic mass is 32.2. The van der Waals surface area contributed by atoms with Gasteiger partial charge >= 0.3 is 0 Å². The largest absolute Gasteiger partial charge is 0.494 e. The molecular formula is C22H23FN2O2S2. The van der Waals surface area contributed by atoms with Crippen LogP contribution in [0.3, 0.4) is 0 Å². The highest BCUT2D eigenvalue weighted by Crippen LogP contribution is 2.27. The van der Waals surface area contributed by atoms with Gasteiger partial charge in [0.1, 0.15) is 16.6 Å². The number of thiazole rings is 1. The third kappa shape index (κ3) is 6.87. The molecule has 0 radical (unpaired) electrons. The molecule has 29 heavy (non-hydrogen) atoms. The second-order valence-electron chi connectivity index (χ2n) is 6.32. The van der Waals surface area contributed by atoms with Gasteiger partial charge in [0.05, 0.1) is 18.1 Å². The van der Waals surface area contributed by atoms with Crippen molar-refractivity contribution in [2.45, 2.75) is 19.1 Å². The van der Waals surface area contributed by atoms with Crippen molar-refractivity contribution in [3.63, 3.8) is 0 Å². The van der Waals surface area contributed by atoms with Crippen LogP contribution >= 0.6 is 23.1 Å². The van der Waals surface area contributed by atoms with Crippen LogP contribution in [0.25, 0.3) is 10.6 Å². The molecule has 0 unspecified atom stereocenters. The van der Waals surface area contributed by atoms with Crippen LogP contribution in [-0.4, -0.2) is 29.8 Å². The van der Waals surface area contributed by atoms with Gasteiger partial charge in [0.2, 0.25) is 5.91 Å². The molecule has 0 spiro atoms. The maximum atomic E-state index is 12.9. The number of thioether (sulfide) groups is 1. The number of halogens is 1. The van der Waals surface area contributed by atoms with Gasteiger partial charge in [0.15, 0.2) is 0 Å². The zero-order valence-corrected chi connectivity index (χ0v) is 17.8. The zero-order valence-electron chi connectivity index (χ0n) is 16.2. The number of nitrogens with one attached hydrogen (secondary N) is 1. The van der Waals surface area contributed by atoms with E-state index in [-0.39, 0.29) is 11.7 Å². The monoisotopic (exact) mass is 430 g/mol. The highest BCUT2D eigenvalue weighted by Gasteiger charge is 2.07. The number of carbonyl (C=O) groups excluding carboxylic acids is 1. The Labute approximate surface area is 178 Å². The number of hydrogen-bond donors (Lipinski definition) is 1. The fourth-order valence-electron chi connectivity index (χ4n) is 2.66. The van der Waals surface area contributed by atoms with Crippen molar-refractivity contribution >= 4 is 29.0 Å². The molecule has 0 atom stereocenters. The van der Waals surface area contributed by atoms with Crippen LogP contribution in [0.1, 0.15) is 18.2 Å². The normalized spacial score (nSPS) is 10.7. The topological polar surface area (TPSA) is 51.2 Å². The first-order valence-electron chi connectivity index (χ1n) is 9.40. The summed E-state index contributed by atoms with van der Waals surface area (Å²) in [5.41, 5.74) is 3.04. The second kappa shape index (κ2) is 11.0. The van der Waals surface area contributed by atoms with E-state index in [0.29, 0.717) is 31.1 Å². The van der Waals surface area contributed by atoms with Crippen molar-refractivity contribution in [1.82, 2.24) is 10.3 Å². The number of rotatable bonds is 10. The quantitative estimate of drug-likeness (QED) is 0.495. The molecule has 1 amide bonds. The third-order valence-corrected chi connectivity index (χ3v) is 6.00. The first-order valence-corrected chi connectivity index (χ1v) is 11.4. The molecule has 3 rings (SSSR count). The Kier molecular flexibility index (Phi) is 8.07. The highest BCUT2D eigenvalue weighted by molar-refractivity contribution is 7.99. The van der Waals surface area contributed by atoms with Gasteiger partial charge in [-0.3, -0.25) is 4.79 Å². The number of nitrogens with zero attached hydrogens (tertiary/aromatic N) is 1. The lowest BCUT2D eigenvalue weighted by atomic mass is 10.1. The zero-order chi connectivity index (χ0) is 20.5. The molecule has 152 valence electrons. The summed E-state index contributed by atoms with van der Waals surface area (Å²) in [4.78, 5) is 16.6. The first kappa shape index (κ1) is 21.3. The maximum absolute atomic E-state index is 12.9. The molecular weight excluding hydrogens is 407 g/mol. The van der Waals surface area contributed by atoms with E-state index in [4.69, 9.17) is 4.74 Å². The van der Waals surface area contributed by atoms with Gasteiger partial charge in [0, 0.05) is 23.2 Å². The number of amides is 1. The summed E-state index contributed by atoms with van der Waals surface area (Å²) >= 11 is 3.14. The van der Waals surface area contributed by atoms with E-state index >= 15 is 0 Å². The first-order chi connectivity index (χ1) is 14.1. The van der Waals surface area contributed by atoms with Gasteiger partial charge in [-0.05, 0) is 55.3 Å². The Morgan fingerprint density at radius 1 is 1.17 bits per heavy atom. The van der Waals surface area contributed by atoms with Gasteiger partial charge in [-0.1, -0.05) is 12.1 Å². The van der Waals surface area contributed by atoms with Crippen molar-refractivity contribution < 1.29 is 13.9 Å². The van der Waals surface area contributed by atoms with Crippen molar-refractivity contribution in [3.05, 3.63) is 71.0 Å². The van der Waals surface area contributed by atoms with Gasteiger partial charge < -0.3 is 10.1 Å². The van der Waals surface area contributed by atoms with Crippen LogP contribution in [0.2, 0.25) is 0 Å². The fraction of sp³-hybridized carbons (Fsp3) is 0.273. The van der Waals surface area contributed by atoms with Crippen molar-refractivity contribution in [1.29, 1.82) is 0 Å². The molecule has 0 aliphatic heterocycles. The van der Waals surface area contributed by atoms with Gasteiger partial charge in [-0.2, -0.15) is 0 Å².